The predicted molar refractivity (Wildman–Crippen MR) is 126 cm³/mol. The fourth-order valence-corrected chi connectivity index (χ4v) is 3.99. The summed E-state index contributed by atoms with van der Waals surface area (Å²) < 4.78 is 20.0. The number of carbonyl (C=O) groups is 4. The van der Waals surface area contributed by atoms with E-state index in [1.165, 1.54) is 74.9 Å². The van der Waals surface area contributed by atoms with Crippen LogP contribution in [0.15, 0.2) is 48.5 Å². The molecule has 0 heterocycles. The van der Waals surface area contributed by atoms with Crippen molar-refractivity contribution in [1.29, 1.82) is 0 Å². The molecule has 0 amide bonds. The van der Waals surface area contributed by atoms with Crippen LogP contribution in [0.4, 0.5) is 0 Å². The molecular weight excluding hydrogens is 452 g/mol. The Kier molecular flexibility index (Phi) is 9.40. The molecule has 0 radical (unpaired) electrons. The van der Waals surface area contributed by atoms with E-state index >= 15 is 0 Å². The van der Waals surface area contributed by atoms with Crippen molar-refractivity contribution >= 4 is 23.9 Å². The Hall–Kier alpha value is -3.68. The summed E-state index contributed by atoms with van der Waals surface area (Å²) in [5.74, 6) is -1.16. The molecular formula is C27H30O8. The summed E-state index contributed by atoms with van der Waals surface area (Å²) in [6.07, 6.45) is 5.74. The summed E-state index contributed by atoms with van der Waals surface area (Å²) in [6.45, 7) is 2.04. The Morgan fingerprint density at radius 2 is 1.00 bits per heavy atom. The number of benzene rings is 2. The SMILES string of the molecule is CCC1CCC(COC(=O)c2ccc(C(=O)OCOC(=O)c3ccc(C(=O)OC)cc3)cc2)CC1. The van der Waals surface area contributed by atoms with Gasteiger partial charge in [-0.25, -0.2) is 19.2 Å². The smallest absolute Gasteiger partial charge is 0.340 e. The van der Waals surface area contributed by atoms with Crippen molar-refractivity contribution in [3.05, 3.63) is 70.8 Å². The molecule has 0 N–H and O–H groups in total. The topological polar surface area (TPSA) is 105 Å². The monoisotopic (exact) mass is 482 g/mol. The van der Waals surface area contributed by atoms with Crippen LogP contribution in [0.25, 0.3) is 0 Å². The maximum atomic E-state index is 12.3. The van der Waals surface area contributed by atoms with Gasteiger partial charge in [-0.15, -0.1) is 0 Å². The lowest BCUT2D eigenvalue weighted by Gasteiger charge is -2.27. The van der Waals surface area contributed by atoms with Crippen LogP contribution >= 0.6 is 0 Å². The minimum atomic E-state index is -0.713. The number of carbonyl (C=O) groups excluding carboxylic acids is 4. The highest BCUT2D eigenvalue weighted by atomic mass is 16.7. The third kappa shape index (κ3) is 7.40. The molecule has 1 aliphatic rings. The second-order valence-corrected chi connectivity index (χ2v) is 8.52. The quantitative estimate of drug-likeness (QED) is 0.285. The van der Waals surface area contributed by atoms with E-state index in [0.29, 0.717) is 23.7 Å². The Bertz CT molecular complexity index is 1020. The average molecular weight is 483 g/mol. The number of hydrogen-bond acceptors (Lipinski definition) is 8. The van der Waals surface area contributed by atoms with Gasteiger partial charge in [-0.3, -0.25) is 0 Å². The average Bonchev–Trinajstić information content (AvgIpc) is 2.91. The molecule has 1 saturated carbocycles. The molecule has 0 spiro atoms. The largest absolute Gasteiger partial charge is 0.465 e. The minimum absolute atomic E-state index is 0.190. The van der Waals surface area contributed by atoms with Gasteiger partial charge < -0.3 is 18.9 Å². The second kappa shape index (κ2) is 12.7. The zero-order valence-corrected chi connectivity index (χ0v) is 20.0. The minimum Gasteiger partial charge on any atom is -0.465 e. The molecule has 8 heteroatoms. The molecule has 2 aromatic carbocycles. The van der Waals surface area contributed by atoms with Gasteiger partial charge in [0.25, 0.3) is 0 Å². The summed E-state index contributed by atoms with van der Waals surface area (Å²) >= 11 is 0. The molecule has 1 fully saturated rings. The number of ether oxygens (including phenoxy) is 4. The van der Waals surface area contributed by atoms with Crippen molar-refractivity contribution in [3.8, 4) is 0 Å². The zero-order chi connectivity index (χ0) is 25.2. The molecule has 2 aromatic rings. The van der Waals surface area contributed by atoms with Gasteiger partial charge in [0.05, 0.1) is 36.0 Å². The van der Waals surface area contributed by atoms with Gasteiger partial charge in [-0.2, -0.15) is 0 Å². The normalized spacial score (nSPS) is 17.2. The van der Waals surface area contributed by atoms with Crippen LogP contribution in [0, 0.1) is 11.8 Å². The van der Waals surface area contributed by atoms with E-state index in [-0.39, 0.29) is 11.1 Å². The van der Waals surface area contributed by atoms with Crippen LogP contribution in [0.1, 0.15) is 80.5 Å². The van der Waals surface area contributed by atoms with E-state index in [2.05, 4.69) is 11.7 Å². The van der Waals surface area contributed by atoms with Gasteiger partial charge in [0.1, 0.15) is 0 Å². The lowest BCUT2D eigenvalue weighted by molar-refractivity contribution is -0.0168. The van der Waals surface area contributed by atoms with E-state index in [4.69, 9.17) is 14.2 Å². The molecule has 8 nitrogen and oxygen atoms in total. The van der Waals surface area contributed by atoms with Crippen LogP contribution in [0.5, 0.6) is 0 Å². The summed E-state index contributed by atoms with van der Waals surface area (Å²) in [7, 11) is 1.26. The fourth-order valence-electron chi connectivity index (χ4n) is 3.99. The van der Waals surface area contributed by atoms with Crippen LogP contribution in [-0.2, 0) is 18.9 Å². The molecule has 0 bridgehead atoms. The molecule has 0 atom stereocenters. The van der Waals surface area contributed by atoms with Crippen LogP contribution < -0.4 is 0 Å². The van der Waals surface area contributed by atoms with Crippen LogP contribution in [0.2, 0.25) is 0 Å². The first-order valence-electron chi connectivity index (χ1n) is 11.7. The van der Waals surface area contributed by atoms with E-state index in [9.17, 15) is 19.2 Å². The number of hydrogen-bond donors (Lipinski definition) is 0. The van der Waals surface area contributed by atoms with Crippen molar-refractivity contribution in [2.24, 2.45) is 11.8 Å². The Balaban J connectivity index is 1.41. The first kappa shape index (κ1) is 25.9. The van der Waals surface area contributed by atoms with Gasteiger partial charge in [0.2, 0.25) is 6.79 Å². The van der Waals surface area contributed by atoms with E-state index in [1.807, 2.05) is 0 Å². The van der Waals surface area contributed by atoms with E-state index < -0.39 is 30.7 Å². The molecule has 0 unspecified atom stereocenters. The standard InChI is InChI=1S/C27H30O8/c1-3-18-4-6-19(7-5-18)16-33-25(29)21-12-14-23(15-13-21)27(31)35-17-34-26(30)22-10-8-20(9-11-22)24(28)32-2/h8-15,18-19H,3-7,16-17H2,1-2H3. The fraction of sp³-hybridized carbons (Fsp3) is 0.407. The van der Waals surface area contributed by atoms with Gasteiger partial charge in [0.15, 0.2) is 0 Å². The summed E-state index contributed by atoms with van der Waals surface area (Å²) in [5.41, 5.74) is 1.04. The summed E-state index contributed by atoms with van der Waals surface area (Å²) in [5, 5.41) is 0. The Morgan fingerprint density at radius 1 is 0.629 bits per heavy atom. The highest BCUT2D eigenvalue weighted by Gasteiger charge is 2.21. The number of methoxy groups -OCH3 is 1. The first-order chi connectivity index (χ1) is 16.9. The van der Waals surface area contributed by atoms with E-state index in [0.717, 1.165) is 18.8 Å². The molecule has 3 rings (SSSR count). The number of esters is 4. The third-order valence-corrected chi connectivity index (χ3v) is 6.27. The Morgan fingerprint density at radius 3 is 1.40 bits per heavy atom. The van der Waals surface area contributed by atoms with Gasteiger partial charge >= 0.3 is 23.9 Å². The first-order valence-corrected chi connectivity index (χ1v) is 11.7. The molecule has 0 aliphatic heterocycles. The van der Waals surface area contributed by atoms with Gasteiger partial charge in [0, 0.05) is 0 Å². The molecule has 35 heavy (non-hydrogen) atoms. The van der Waals surface area contributed by atoms with Crippen molar-refractivity contribution in [1.82, 2.24) is 0 Å². The highest BCUT2D eigenvalue weighted by molar-refractivity contribution is 5.94. The molecule has 0 saturated heterocycles. The number of rotatable bonds is 9. The van der Waals surface area contributed by atoms with Gasteiger partial charge in [-0.05, 0) is 73.2 Å². The van der Waals surface area contributed by atoms with E-state index in [1.54, 1.807) is 0 Å². The second-order valence-electron chi connectivity index (χ2n) is 8.52. The lowest BCUT2D eigenvalue weighted by Crippen LogP contribution is -2.20. The van der Waals surface area contributed by atoms with Crippen LogP contribution in [-0.4, -0.2) is 44.4 Å². The van der Waals surface area contributed by atoms with Gasteiger partial charge in [-0.1, -0.05) is 26.2 Å². The molecule has 0 aromatic heterocycles. The predicted octanol–water partition coefficient (Wildman–Crippen LogP) is 4.82. The maximum Gasteiger partial charge on any atom is 0.340 e. The third-order valence-electron chi connectivity index (χ3n) is 6.27. The molecule has 186 valence electrons. The van der Waals surface area contributed by atoms with Crippen molar-refractivity contribution < 1.29 is 38.1 Å². The van der Waals surface area contributed by atoms with Crippen molar-refractivity contribution in [2.75, 3.05) is 20.5 Å². The van der Waals surface area contributed by atoms with Crippen LogP contribution in [0.3, 0.4) is 0 Å². The summed E-state index contributed by atoms with van der Waals surface area (Å²) in [4.78, 5) is 48.0. The molecule has 1 aliphatic carbocycles. The zero-order valence-electron chi connectivity index (χ0n) is 20.0. The Labute approximate surface area is 204 Å². The lowest BCUT2D eigenvalue weighted by atomic mass is 9.81. The van der Waals surface area contributed by atoms with Crippen molar-refractivity contribution in [2.45, 2.75) is 39.0 Å². The highest BCUT2D eigenvalue weighted by Crippen LogP contribution is 2.30. The maximum absolute atomic E-state index is 12.3. The summed E-state index contributed by atoms with van der Waals surface area (Å²) in [6, 6.07) is 11.6. The van der Waals surface area contributed by atoms with Crippen molar-refractivity contribution in [3.63, 3.8) is 0 Å².